The molecule has 3 aromatic rings. The van der Waals surface area contributed by atoms with E-state index < -0.39 is 36.0 Å². The van der Waals surface area contributed by atoms with Gasteiger partial charge >= 0.3 is 12.1 Å². The van der Waals surface area contributed by atoms with Crippen LogP contribution in [0.15, 0.2) is 78.9 Å². The summed E-state index contributed by atoms with van der Waals surface area (Å²) in [5.74, 6) is -2.57. The van der Waals surface area contributed by atoms with Gasteiger partial charge in [0.25, 0.3) is 0 Å². The summed E-state index contributed by atoms with van der Waals surface area (Å²) in [6.07, 6.45) is -1.40. The minimum absolute atomic E-state index is 0.00572. The van der Waals surface area contributed by atoms with E-state index in [9.17, 15) is 19.5 Å². The number of carbonyl (C=O) groups excluding carboxylic acids is 2. The van der Waals surface area contributed by atoms with Crippen molar-refractivity contribution < 1.29 is 29.0 Å². The first-order valence-corrected chi connectivity index (χ1v) is 13.5. The van der Waals surface area contributed by atoms with Crippen LogP contribution in [0.4, 0.5) is 4.79 Å². The number of carboxylic acid groups (broad SMARTS) is 1. The minimum Gasteiger partial charge on any atom is -0.480 e. The van der Waals surface area contributed by atoms with Crippen molar-refractivity contribution >= 4 is 18.0 Å². The predicted octanol–water partition coefficient (Wildman–Crippen LogP) is 4.97. The van der Waals surface area contributed by atoms with E-state index in [0.717, 1.165) is 27.8 Å². The Labute approximate surface area is 234 Å². The molecule has 4 rings (SSSR count). The lowest BCUT2D eigenvalue weighted by molar-refractivity contribution is -0.147. The normalized spacial score (nSPS) is 14.5. The molecule has 210 valence electrons. The Morgan fingerprint density at radius 1 is 0.850 bits per heavy atom. The van der Waals surface area contributed by atoms with Gasteiger partial charge in [0.05, 0.1) is 18.6 Å². The van der Waals surface area contributed by atoms with Gasteiger partial charge in [-0.3, -0.25) is 4.79 Å². The number of amides is 2. The molecule has 0 saturated carbocycles. The number of alkyl carbamates (subject to hydrolysis) is 1. The molecule has 1 unspecified atom stereocenters. The van der Waals surface area contributed by atoms with Gasteiger partial charge in [-0.25, -0.2) is 9.59 Å². The van der Waals surface area contributed by atoms with Crippen LogP contribution in [0.5, 0.6) is 0 Å². The zero-order chi connectivity index (χ0) is 28.6. The third kappa shape index (κ3) is 6.87. The molecule has 0 aliphatic heterocycles. The quantitative estimate of drug-likeness (QED) is 0.297. The molecule has 3 atom stereocenters. The summed E-state index contributed by atoms with van der Waals surface area (Å²) < 4.78 is 11.3. The largest absolute Gasteiger partial charge is 0.480 e. The van der Waals surface area contributed by atoms with E-state index in [0.29, 0.717) is 0 Å². The molecule has 0 saturated heterocycles. The molecule has 1 aliphatic rings. The van der Waals surface area contributed by atoms with Crippen molar-refractivity contribution in [3.63, 3.8) is 0 Å². The lowest BCUT2D eigenvalue weighted by Crippen LogP contribution is -2.52. The smallest absolute Gasteiger partial charge is 0.407 e. The van der Waals surface area contributed by atoms with E-state index in [2.05, 4.69) is 22.8 Å². The highest BCUT2D eigenvalue weighted by atomic mass is 16.5. The molecule has 8 nitrogen and oxygen atoms in total. The molecule has 0 spiro atoms. The van der Waals surface area contributed by atoms with E-state index in [4.69, 9.17) is 9.47 Å². The van der Waals surface area contributed by atoms with Crippen LogP contribution in [0.2, 0.25) is 0 Å². The molecule has 40 heavy (non-hydrogen) atoms. The molecule has 2 amide bonds. The monoisotopic (exact) mass is 544 g/mol. The van der Waals surface area contributed by atoms with Crippen LogP contribution in [-0.4, -0.2) is 48.4 Å². The van der Waals surface area contributed by atoms with Crippen LogP contribution in [-0.2, 0) is 25.7 Å². The van der Waals surface area contributed by atoms with E-state index in [1.807, 2.05) is 80.6 Å². The van der Waals surface area contributed by atoms with Gasteiger partial charge in [-0.15, -0.1) is 0 Å². The lowest BCUT2D eigenvalue weighted by atomic mass is 9.94. The van der Waals surface area contributed by atoms with Gasteiger partial charge in [-0.2, -0.15) is 0 Å². The Kier molecular flexibility index (Phi) is 9.56. The molecular weight excluding hydrogens is 508 g/mol. The highest BCUT2D eigenvalue weighted by molar-refractivity contribution is 5.86. The summed E-state index contributed by atoms with van der Waals surface area (Å²) in [7, 11) is 0. The summed E-state index contributed by atoms with van der Waals surface area (Å²) in [6, 6.07) is 24.3. The van der Waals surface area contributed by atoms with Crippen molar-refractivity contribution in [1.82, 2.24) is 10.6 Å². The first-order valence-electron chi connectivity index (χ1n) is 13.5. The van der Waals surface area contributed by atoms with E-state index >= 15 is 0 Å². The Morgan fingerprint density at radius 3 is 2.00 bits per heavy atom. The molecular formula is C32H36N2O6. The van der Waals surface area contributed by atoms with Crippen LogP contribution >= 0.6 is 0 Å². The van der Waals surface area contributed by atoms with Crippen molar-refractivity contribution in [3.05, 3.63) is 95.6 Å². The fourth-order valence-electron chi connectivity index (χ4n) is 5.01. The summed E-state index contributed by atoms with van der Waals surface area (Å²) in [5, 5.41) is 15.1. The maximum Gasteiger partial charge on any atom is 0.407 e. The van der Waals surface area contributed by atoms with Crippen LogP contribution in [0.3, 0.4) is 0 Å². The summed E-state index contributed by atoms with van der Waals surface area (Å²) in [4.78, 5) is 37.7. The van der Waals surface area contributed by atoms with Crippen molar-refractivity contribution in [1.29, 1.82) is 0 Å². The third-order valence-electron chi connectivity index (χ3n) is 7.34. The number of aliphatic carboxylic acids is 1. The lowest BCUT2D eigenvalue weighted by Gasteiger charge is -2.26. The summed E-state index contributed by atoms with van der Waals surface area (Å²) in [5.41, 5.74) is 5.40. The van der Waals surface area contributed by atoms with Crippen molar-refractivity contribution in [2.24, 2.45) is 11.8 Å². The fourth-order valence-corrected chi connectivity index (χ4v) is 5.01. The molecule has 0 aromatic heterocycles. The number of fused-ring (bicyclic) bond motifs is 3. The molecule has 0 bridgehead atoms. The van der Waals surface area contributed by atoms with Gasteiger partial charge in [0.2, 0.25) is 5.91 Å². The average molecular weight is 545 g/mol. The molecule has 0 radical (unpaired) electrons. The van der Waals surface area contributed by atoms with Gasteiger partial charge in [0, 0.05) is 12.5 Å². The Morgan fingerprint density at radius 2 is 1.43 bits per heavy atom. The van der Waals surface area contributed by atoms with Crippen molar-refractivity contribution in [2.75, 3.05) is 13.2 Å². The van der Waals surface area contributed by atoms with Gasteiger partial charge < -0.3 is 25.2 Å². The number of rotatable bonds is 12. The standard InChI is InChI=1S/C32H36N2O6/c1-20(2)27(30(35)34-29(31(36)37)21(3)39-18-22-11-5-4-6-12-22)17-33-32(38)40-19-28-25-15-9-7-13-23(25)24-14-8-10-16-26(24)28/h4-16,20-21,27-29H,17-19H2,1-3H3,(H,33,38)(H,34,35)(H,36,37)/t21-,27?,29+/m0/s1. The maximum atomic E-state index is 13.1. The van der Waals surface area contributed by atoms with E-state index in [1.165, 1.54) is 0 Å². The van der Waals surface area contributed by atoms with Crippen molar-refractivity contribution in [3.8, 4) is 11.1 Å². The molecule has 8 heteroatoms. The number of ether oxygens (including phenoxy) is 2. The molecule has 3 aromatic carbocycles. The molecule has 0 heterocycles. The number of nitrogens with one attached hydrogen (secondary N) is 2. The summed E-state index contributed by atoms with van der Waals surface area (Å²) >= 11 is 0. The van der Waals surface area contributed by atoms with Gasteiger partial charge in [-0.05, 0) is 40.7 Å². The van der Waals surface area contributed by atoms with Crippen LogP contribution in [0.25, 0.3) is 11.1 Å². The molecule has 1 aliphatic carbocycles. The number of hydrogen-bond donors (Lipinski definition) is 3. The topological polar surface area (TPSA) is 114 Å². The molecule has 0 fully saturated rings. The van der Waals surface area contributed by atoms with Crippen LogP contribution in [0.1, 0.15) is 43.4 Å². The number of carbonyl (C=O) groups is 3. The Hall–Kier alpha value is -4.17. The van der Waals surface area contributed by atoms with E-state index in [1.54, 1.807) is 6.92 Å². The highest BCUT2D eigenvalue weighted by Gasteiger charge is 2.32. The first kappa shape index (κ1) is 28.8. The maximum absolute atomic E-state index is 13.1. The number of benzene rings is 3. The summed E-state index contributed by atoms with van der Waals surface area (Å²) in [6.45, 7) is 5.69. The second kappa shape index (κ2) is 13.3. The predicted molar refractivity (Wildman–Crippen MR) is 152 cm³/mol. The van der Waals surface area contributed by atoms with Gasteiger partial charge in [-0.1, -0.05) is 92.7 Å². The zero-order valence-electron chi connectivity index (χ0n) is 23.0. The van der Waals surface area contributed by atoms with Crippen molar-refractivity contribution in [2.45, 2.75) is 45.4 Å². The van der Waals surface area contributed by atoms with Gasteiger partial charge in [0.15, 0.2) is 6.04 Å². The van der Waals surface area contributed by atoms with Gasteiger partial charge in [0.1, 0.15) is 6.61 Å². The minimum atomic E-state index is -1.24. The second-order valence-electron chi connectivity index (χ2n) is 10.4. The number of carboxylic acids is 1. The van der Waals surface area contributed by atoms with E-state index in [-0.39, 0.29) is 31.6 Å². The molecule has 3 N–H and O–H groups in total. The number of hydrogen-bond acceptors (Lipinski definition) is 5. The fraction of sp³-hybridized carbons (Fsp3) is 0.344. The third-order valence-corrected chi connectivity index (χ3v) is 7.34. The Balaban J connectivity index is 1.31. The first-order chi connectivity index (χ1) is 19.3. The SMILES string of the molecule is CC(C)C(CNC(=O)OCC1c2ccccc2-c2ccccc21)C(=O)N[C@@H](C(=O)O)[C@H](C)OCc1ccccc1. The van der Waals surface area contributed by atoms with Crippen LogP contribution < -0.4 is 10.6 Å². The second-order valence-corrected chi connectivity index (χ2v) is 10.4. The highest BCUT2D eigenvalue weighted by Crippen LogP contribution is 2.44. The average Bonchev–Trinajstić information content (AvgIpc) is 3.27. The zero-order valence-corrected chi connectivity index (χ0v) is 23.0. The van der Waals surface area contributed by atoms with Crippen LogP contribution in [0, 0.1) is 11.8 Å². The Bertz CT molecular complexity index is 1280.